The second-order valence-corrected chi connectivity index (χ2v) is 14.9. The Labute approximate surface area is 328 Å². The molecule has 2 aromatic heterocycles. The Balaban J connectivity index is 1.06. The molecule has 266 valence electrons. The molecule has 0 atom stereocenters. The summed E-state index contributed by atoms with van der Waals surface area (Å²) in [6.45, 7) is 0. The highest BCUT2D eigenvalue weighted by Crippen LogP contribution is 2.44. The van der Waals surface area contributed by atoms with E-state index < -0.39 is 0 Å². The maximum Gasteiger partial charge on any atom is 0.136 e. The van der Waals surface area contributed by atoms with Crippen LogP contribution in [0.3, 0.4) is 0 Å². The molecule has 2 heterocycles. The van der Waals surface area contributed by atoms with E-state index in [1.54, 1.807) is 0 Å². The van der Waals surface area contributed by atoms with Gasteiger partial charge in [0.2, 0.25) is 0 Å². The molecular weight excluding hydrogens is 693 g/mol. The number of hydrogen-bond acceptors (Lipinski definition) is 2. The number of aromatic nitrogens is 1. The minimum Gasteiger partial charge on any atom is -0.456 e. The van der Waals surface area contributed by atoms with Crippen molar-refractivity contribution in [3.63, 3.8) is 0 Å². The number of fused-ring (bicyclic) bond motifs is 10. The van der Waals surface area contributed by atoms with Crippen LogP contribution >= 0.6 is 0 Å². The quantitative estimate of drug-likeness (QED) is 0.176. The zero-order valence-corrected chi connectivity index (χ0v) is 30.9. The van der Waals surface area contributed by atoms with E-state index in [9.17, 15) is 0 Å². The minimum atomic E-state index is 0.894. The first-order valence-electron chi connectivity index (χ1n) is 19.5. The molecule has 12 rings (SSSR count). The van der Waals surface area contributed by atoms with E-state index in [1.165, 1.54) is 48.6 Å². The zero-order chi connectivity index (χ0) is 37.5. The second-order valence-electron chi connectivity index (χ2n) is 14.9. The number of anilines is 3. The summed E-state index contributed by atoms with van der Waals surface area (Å²) in [4.78, 5) is 2.43. The summed E-state index contributed by atoms with van der Waals surface area (Å²) in [6.07, 6.45) is 0. The summed E-state index contributed by atoms with van der Waals surface area (Å²) in [5.74, 6) is 0. The van der Waals surface area contributed by atoms with Crippen LogP contribution in [0.25, 0.3) is 92.9 Å². The van der Waals surface area contributed by atoms with Crippen molar-refractivity contribution in [2.75, 3.05) is 4.90 Å². The van der Waals surface area contributed by atoms with Gasteiger partial charge in [-0.2, -0.15) is 0 Å². The highest BCUT2D eigenvalue weighted by Gasteiger charge is 2.20. The van der Waals surface area contributed by atoms with E-state index in [-0.39, 0.29) is 0 Å². The van der Waals surface area contributed by atoms with Crippen molar-refractivity contribution in [3.05, 3.63) is 206 Å². The Morgan fingerprint density at radius 3 is 1.68 bits per heavy atom. The third-order valence-corrected chi connectivity index (χ3v) is 11.7. The minimum absolute atomic E-state index is 0.894. The maximum atomic E-state index is 6.41. The molecule has 0 aliphatic carbocycles. The molecule has 10 aromatic carbocycles. The lowest BCUT2D eigenvalue weighted by molar-refractivity contribution is 0.669. The maximum absolute atomic E-state index is 6.41. The van der Waals surface area contributed by atoms with Crippen molar-refractivity contribution >= 4 is 93.1 Å². The van der Waals surface area contributed by atoms with Crippen molar-refractivity contribution in [1.82, 2.24) is 4.57 Å². The fraction of sp³-hybridized carbons (Fsp3) is 0. The van der Waals surface area contributed by atoms with Gasteiger partial charge in [0, 0.05) is 43.7 Å². The van der Waals surface area contributed by atoms with Crippen molar-refractivity contribution in [1.29, 1.82) is 0 Å². The molecular formula is C54H34N2O. The molecule has 0 amide bonds. The number of rotatable bonds is 5. The van der Waals surface area contributed by atoms with Gasteiger partial charge in [-0.25, -0.2) is 0 Å². The lowest BCUT2D eigenvalue weighted by Crippen LogP contribution is -2.11. The molecule has 12 aromatic rings. The van der Waals surface area contributed by atoms with Gasteiger partial charge >= 0.3 is 0 Å². The number of nitrogens with zero attached hydrogens (tertiary/aromatic N) is 2. The van der Waals surface area contributed by atoms with Crippen LogP contribution in [0.5, 0.6) is 0 Å². The summed E-state index contributed by atoms with van der Waals surface area (Å²) >= 11 is 0. The largest absolute Gasteiger partial charge is 0.456 e. The first-order chi connectivity index (χ1) is 28.3. The number of furan rings is 1. The molecule has 0 bridgehead atoms. The van der Waals surface area contributed by atoms with Crippen LogP contribution in [-0.4, -0.2) is 4.57 Å². The number of benzene rings is 10. The number of hydrogen-bond donors (Lipinski definition) is 0. The van der Waals surface area contributed by atoms with E-state index in [0.717, 1.165) is 61.3 Å². The van der Waals surface area contributed by atoms with Crippen LogP contribution in [0.15, 0.2) is 211 Å². The van der Waals surface area contributed by atoms with Gasteiger partial charge < -0.3 is 13.9 Å². The Morgan fingerprint density at radius 1 is 0.351 bits per heavy atom. The molecule has 3 heteroatoms. The molecule has 0 saturated carbocycles. The molecule has 0 radical (unpaired) electrons. The Morgan fingerprint density at radius 2 is 0.930 bits per heavy atom. The van der Waals surface area contributed by atoms with Gasteiger partial charge in [0.15, 0.2) is 0 Å². The first kappa shape index (κ1) is 31.7. The Bertz CT molecular complexity index is 3460. The third kappa shape index (κ3) is 4.92. The molecule has 0 aliphatic heterocycles. The SMILES string of the molecule is c1cc(-c2ccc3c4ccccc4n(-c4ccc5oc6ccc7ccccc7c6c5c4)c3c2)cc(N(c2cccc3ccccc23)c2cccc3ccccc23)c1. The van der Waals surface area contributed by atoms with Crippen LogP contribution < -0.4 is 4.90 Å². The van der Waals surface area contributed by atoms with Gasteiger partial charge in [-0.15, -0.1) is 0 Å². The molecule has 0 aliphatic rings. The van der Waals surface area contributed by atoms with Crippen LogP contribution in [0, 0.1) is 0 Å². The van der Waals surface area contributed by atoms with E-state index in [0.29, 0.717) is 0 Å². The van der Waals surface area contributed by atoms with Crippen molar-refractivity contribution in [2.45, 2.75) is 0 Å². The average Bonchev–Trinajstić information content (AvgIpc) is 3.82. The molecule has 0 unspecified atom stereocenters. The van der Waals surface area contributed by atoms with Crippen LogP contribution in [-0.2, 0) is 0 Å². The molecule has 0 N–H and O–H groups in total. The summed E-state index contributed by atoms with van der Waals surface area (Å²) in [5, 5.41) is 12.0. The lowest BCUT2D eigenvalue weighted by Gasteiger charge is -2.28. The lowest BCUT2D eigenvalue weighted by atomic mass is 10.0. The molecule has 0 saturated heterocycles. The summed E-state index contributed by atoms with van der Waals surface area (Å²) in [6, 6.07) is 74.6. The van der Waals surface area contributed by atoms with Crippen molar-refractivity contribution in [2.24, 2.45) is 0 Å². The van der Waals surface area contributed by atoms with Gasteiger partial charge in [0.25, 0.3) is 0 Å². The van der Waals surface area contributed by atoms with Crippen LogP contribution in [0.1, 0.15) is 0 Å². The fourth-order valence-corrected chi connectivity index (χ4v) is 9.14. The van der Waals surface area contributed by atoms with Gasteiger partial charge in [0.1, 0.15) is 11.2 Å². The van der Waals surface area contributed by atoms with E-state index in [4.69, 9.17) is 4.42 Å². The topological polar surface area (TPSA) is 21.3 Å². The van der Waals surface area contributed by atoms with Gasteiger partial charge in [-0.3, -0.25) is 0 Å². The monoisotopic (exact) mass is 726 g/mol. The second kappa shape index (κ2) is 12.5. The van der Waals surface area contributed by atoms with E-state index >= 15 is 0 Å². The molecule has 57 heavy (non-hydrogen) atoms. The standard InChI is InChI=1S/C54H34N2O/c1-4-19-42-35(12-1)15-10-24-48(42)55(49-25-11-16-36-13-2-5-20-43(36)49)40-18-9-17-38(32-40)39-26-29-46-45-22-7-8-23-50(45)56(51(46)33-39)41-28-31-52-47(34-41)54-44-21-6-3-14-37(44)27-30-53(54)57-52/h1-34H. The van der Waals surface area contributed by atoms with Crippen molar-refractivity contribution < 1.29 is 4.42 Å². The molecule has 3 nitrogen and oxygen atoms in total. The highest BCUT2D eigenvalue weighted by atomic mass is 16.3. The summed E-state index contributed by atoms with van der Waals surface area (Å²) in [7, 11) is 0. The fourth-order valence-electron chi connectivity index (χ4n) is 9.14. The van der Waals surface area contributed by atoms with Crippen LogP contribution in [0.4, 0.5) is 17.1 Å². The number of para-hydroxylation sites is 1. The predicted molar refractivity (Wildman–Crippen MR) is 241 cm³/mol. The smallest absolute Gasteiger partial charge is 0.136 e. The van der Waals surface area contributed by atoms with Crippen LogP contribution in [0.2, 0.25) is 0 Å². The van der Waals surface area contributed by atoms with Gasteiger partial charge in [-0.05, 0) is 93.3 Å². The van der Waals surface area contributed by atoms with E-state index in [1.807, 2.05) is 0 Å². The summed E-state index contributed by atoms with van der Waals surface area (Å²) < 4.78 is 8.83. The first-order valence-corrected chi connectivity index (χ1v) is 19.5. The van der Waals surface area contributed by atoms with Gasteiger partial charge in [0.05, 0.1) is 22.4 Å². The Hall–Kier alpha value is -7.62. The normalized spacial score (nSPS) is 11.9. The summed E-state index contributed by atoms with van der Waals surface area (Å²) in [5.41, 5.74) is 10.9. The highest BCUT2D eigenvalue weighted by molar-refractivity contribution is 6.19. The predicted octanol–water partition coefficient (Wildman–Crippen LogP) is 15.3. The zero-order valence-electron chi connectivity index (χ0n) is 30.9. The van der Waals surface area contributed by atoms with E-state index in [2.05, 4.69) is 216 Å². The Kier molecular flexibility index (Phi) is 6.93. The average molecular weight is 727 g/mol. The molecule has 0 spiro atoms. The molecule has 0 fully saturated rings. The van der Waals surface area contributed by atoms with Crippen molar-refractivity contribution in [3.8, 4) is 16.8 Å². The van der Waals surface area contributed by atoms with Gasteiger partial charge in [-0.1, -0.05) is 146 Å². The third-order valence-electron chi connectivity index (χ3n) is 11.7.